The average molecular weight is 340 g/mol. The number of carbonyl (C=O) groups is 1. The fraction of sp³-hybridized carbons (Fsp3) is 0.250. The highest BCUT2D eigenvalue weighted by Crippen LogP contribution is 2.33. The second-order valence-corrected chi connectivity index (χ2v) is 5.49. The molecule has 25 heavy (non-hydrogen) atoms. The second kappa shape index (κ2) is 7.30. The lowest BCUT2D eigenvalue weighted by Gasteiger charge is -2.19. The Balaban J connectivity index is 1.93. The molecule has 0 unspecified atom stereocenters. The smallest absolute Gasteiger partial charge is 0.196 e. The average Bonchev–Trinajstić information content (AvgIpc) is 2.65. The van der Waals surface area contributed by atoms with E-state index in [0.717, 1.165) is 5.56 Å². The van der Waals surface area contributed by atoms with Crippen LogP contribution in [0, 0.1) is 0 Å². The number of ketones is 1. The molecule has 0 saturated heterocycles. The number of rotatable bonds is 5. The Hall–Kier alpha value is -2.95. The predicted octanol–water partition coefficient (Wildman–Crippen LogP) is 3.76. The maximum absolute atomic E-state index is 12.8. The van der Waals surface area contributed by atoms with E-state index in [-0.39, 0.29) is 12.4 Å². The van der Waals surface area contributed by atoms with Gasteiger partial charge >= 0.3 is 0 Å². The molecule has 0 fully saturated rings. The van der Waals surface area contributed by atoms with Crippen molar-refractivity contribution in [1.82, 2.24) is 0 Å². The normalized spacial score (nSPS) is 14.7. The van der Waals surface area contributed by atoms with Crippen molar-refractivity contribution in [3.05, 3.63) is 53.1 Å². The Morgan fingerprint density at radius 3 is 2.64 bits per heavy atom. The van der Waals surface area contributed by atoms with Crippen LogP contribution in [0.25, 0.3) is 6.08 Å². The lowest BCUT2D eigenvalue weighted by molar-refractivity contribution is 0.100. The van der Waals surface area contributed by atoms with Crippen molar-refractivity contribution in [2.75, 3.05) is 27.4 Å². The third-order valence-electron chi connectivity index (χ3n) is 3.93. The zero-order valence-corrected chi connectivity index (χ0v) is 14.5. The minimum absolute atomic E-state index is 0.0620. The van der Waals surface area contributed by atoms with Crippen LogP contribution in [0.15, 0.2) is 42.0 Å². The van der Waals surface area contributed by atoms with Crippen molar-refractivity contribution in [3.63, 3.8) is 0 Å². The van der Waals surface area contributed by atoms with Gasteiger partial charge in [0.05, 0.1) is 26.4 Å². The summed E-state index contributed by atoms with van der Waals surface area (Å²) in [5, 5.41) is 0. The SMILES string of the molecule is CCOc1ccc(C=C2COc3ccc(OC)cc3C2=O)cc1OC. The van der Waals surface area contributed by atoms with Gasteiger partial charge < -0.3 is 18.9 Å². The van der Waals surface area contributed by atoms with Crippen LogP contribution in [0.5, 0.6) is 23.0 Å². The van der Waals surface area contributed by atoms with Gasteiger partial charge in [0.2, 0.25) is 0 Å². The third kappa shape index (κ3) is 3.45. The van der Waals surface area contributed by atoms with Crippen LogP contribution >= 0.6 is 0 Å². The summed E-state index contributed by atoms with van der Waals surface area (Å²) < 4.78 is 21.8. The van der Waals surface area contributed by atoms with E-state index in [1.54, 1.807) is 32.4 Å². The van der Waals surface area contributed by atoms with Crippen LogP contribution in [0.3, 0.4) is 0 Å². The van der Waals surface area contributed by atoms with Crippen LogP contribution in [0.1, 0.15) is 22.8 Å². The maximum atomic E-state index is 12.8. The fourth-order valence-electron chi connectivity index (χ4n) is 2.69. The molecule has 0 saturated carbocycles. The highest BCUT2D eigenvalue weighted by atomic mass is 16.5. The fourth-order valence-corrected chi connectivity index (χ4v) is 2.69. The molecule has 0 aliphatic carbocycles. The molecule has 0 radical (unpaired) electrons. The first-order chi connectivity index (χ1) is 12.2. The van der Waals surface area contributed by atoms with Crippen molar-refractivity contribution in [2.45, 2.75) is 6.92 Å². The standard InChI is InChI=1S/C20H20O5/c1-4-24-18-7-5-13(10-19(18)23-3)9-14-12-25-17-8-6-15(22-2)11-16(17)20(14)21/h5-11H,4,12H2,1-3H3. The molecule has 0 spiro atoms. The highest BCUT2D eigenvalue weighted by molar-refractivity contribution is 6.14. The van der Waals surface area contributed by atoms with E-state index in [9.17, 15) is 4.79 Å². The van der Waals surface area contributed by atoms with E-state index in [4.69, 9.17) is 18.9 Å². The highest BCUT2D eigenvalue weighted by Gasteiger charge is 2.24. The van der Waals surface area contributed by atoms with Gasteiger partial charge in [-0.25, -0.2) is 0 Å². The van der Waals surface area contributed by atoms with E-state index in [2.05, 4.69) is 0 Å². The van der Waals surface area contributed by atoms with Gasteiger partial charge in [-0.05, 0) is 48.9 Å². The molecule has 0 aromatic heterocycles. The zero-order valence-electron chi connectivity index (χ0n) is 14.5. The quantitative estimate of drug-likeness (QED) is 0.776. The van der Waals surface area contributed by atoms with E-state index in [1.165, 1.54) is 0 Å². The molecular weight excluding hydrogens is 320 g/mol. The van der Waals surface area contributed by atoms with Crippen molar-refractivity contribution in [3.8, 4) is 23.0 Å². The van der Waals surface area contributed by atoms with E-state index in [1.807, 2.05) is 31.2 Å². The van der Waals surface area contributed by atoms with Gasteiger partial charge in [0.25, 0.3) is 0 Å². The minimum Gasteiger partial charge on any atom is -0.497 e. The molecule has 0 atom stereocenters. The van der Waals surface area contributed by atoms with Crippen LogP contribution in [0.2, 0.25) is 0 Å². The van der Waals surface area contributed by atoms with Crippen LogP contribution in [-0.2, 0) is 0 Å². The number of ether oxygens (including phenoxy) is 4. The number of fused-ring (bicyclic) bond motifs is 1. The van der Waals surface area contributed by atoms with E-state index >= 15 is 0 Å². The number of hydrogen-bond donors (Lipinski definition) is 0. The molecule has 2 aromatic carbocycles. The zero-order chi connectivity index (χ0) is 17.8. The molecule has 3 rings (SSSR count). The summed E-state index contributed by atoms with van der Waals surface area (Å²) in [6, 6.07) is 10.8. The topological polar surface area (TPSA) is 54.0 Å². The molecular formula is C20H20O5. The van der Waals surface area contributed by atoms with Crippen molar-refractivity contribution < 1.29 is 23.7 Å². The lowest BCUT2D eigenvalue weighted by Crippen LogP contribution is -2.19. The monoisotopic (exact) mass is 340 g/mol. The predicted molar refractivity (Wildman–Crippen MR) is 95.0 cm³/mol. The van der Waals surface area contributed by atoms with Crippen LogP contribution < -0.4 is 18.9 Å². The number of Topliss-reactive ketones (excluding diaryl/α,β-unsaturated/α-hetero) is 1. The van der Waals surface area contributed by atoms with Gasteiger partial charge in [-0.3, -0.25) is 4.79 Å². The molecule has 1 aliphatic rings. The Bertz CT molecular complexity index is 823. The van der Waals surface area contributed by atoms with Crippen molar-refractivity contribution in [1.29, 1.82) is 0 Å². The van der Waals surface area contributed by atoms with Gasteiger partial charge in [-0.1, -0.05) is 6.07 Å². The molecule has 130 valence electrons. The largest absolute Gasteiger partial charge is 0.497 e. The van der Waals surface area contributed by atoms with Crippen LogP contribution in [0.4, 0.5) is 0 Å². The molecule has 1 heterocycles. The summed E-state index contributed by atoms with van der Waals surface area (Å²) in [5.41, 5.74) is 1.93. The summed E-state index contributed by atoms with van der Waals surface area (Å²) in [4.78, 5) is 12.8. The third-order valence-corrected chi connectivity index (χ3v) is 3.93. The van der Waals surface area contributed by atoms with E-state index < -0.39 is 0 Å². The van der Waals surface area contributed by atoms with Gasteiger partial charge in [0.1, 0.15) is 18.1 Å². The Morgan fingerprint density at radius 2 is 1.92 bits per heavy atom. The maximum Gasteiger partial charge on any atom is 0.196 e. The molecule has 0 amide bonds. The number of carbonyl (C=O) groups excluding carboxylic acids is 1. The van der Waals surface area contributed by atoms with Gasteiger partial charge in [0, 0.05) is 5.57 Å². The number of benzene rings is 2. The van der Waals surface area contributed by atoms with Crippen LogP contribution in [-0.4, -0.2) is 33.2 Å². The summed E-state index contributed by atoms with van der Waals surface area (Å²) in [6.07, 6.45) is 1.81. The summed E-state index contributed by atoms with van der Waals surface area (Å²) in [7, 11) is 3.16. The van der Waals surface area contributed by atoms with Gasteiger partial charge in [-0.2, -0.15) is 0 Å². The summed E-state index contributed by atoms with van der Waals surface area (Å²) in [5.74, 6) is 2.44. The van der Waals surface area contributed by atoms with Crippen molar-refractivity contribution >= 4 is 11.9 Å². The number of methoxy groups -OCH3 is 2. The Kier molecular flexibility index (Phi) is 4.93. The first kappa shape index (κ1) is 16.9. The summed E-state index contributed by atoms with van der Waals surface area (Å²) in [6.45, 7) is 2.70. The molecule has 0 bridgehead atoms. The molecule has 0 N–H and O–H groups in total. The van der Waals surface area contributed by atoms with Gasteiger partial charge in [0.15, 0.2) is 17.3 Å². The van der Waals surface area contributed by atoms with Gasteiger partial charge in [-0.15, -0.1) is 0 Å². The molecule has 2 aromatic rings. The number of hydrogen-bond acceptors (Lipinski definition) is 5. The van der Waals surface area contributed by atoms with Crippen molar-refractivity contribution in [2.24, 2.45) is 0 Å². The lowest BCUT2D eigenvalue weighted by atomic mass is 9.98. The first-order valence-corrected chi connectivity index (χ1v) is 8.03. The Morgan fingerprint density at radius 1 is 1.08 bits per heavy atom. The molecule has 1 aliphatic heterocycles. The molecule has 5 nitrogen and oxygen atoms in total. The van der Waals surface area contributed by atoms with E-state index in [0.29, 0.717) is 40.7 Å². The second-order valence-electron chi connectivity index (χ2n) is 5.49. The molecule has 5 heteroatoms. The first-order valence-electron chi connectivity index (χ1n) is 8.03. The summed E-state index contributed by atoms with van der Waals surface area (Å²) >= 11 is 0. The minimum atomic E-state index is -0.0620. The Labute approximate surface area is 146 Å².